The van der Waals surface area contributed by atoms with Crippen LogP contribution in [0.2, 0.25) is 0 Å². The van der Waals surface area contributed by atoms with Crippen molar-refractivity contribution in [1.82, 2.24) is 10.6 Å². The monoisotopic (exact) mass is 273 g/mol. The predicted molar refractivity (Wildman–Crippen MR) is 70.4 cm³/mol. The molecule has 19 heavy (non-hydrogen) atoms. The molecule has 0 aliphatic heterocycles. The van der Waals surface area contributed by atoms with E-state index in [-0.39, 0.29) is 25.4 Å². The third-order valence-electron chi connectivity index (χ3n) is 2.95. The van der Waals surface area contributed by atoms with E-state index in [1.807, 2.05) is 6.92 Å². The van der Waals surface area contributed by atoms with E-state index in [0.29, 0.717) is 6.42 Å². The van der Waals surface area contributed by atoms with Gasteiger partial charge >= 0.3 is 12.0 Å². The maximum Gasteiger partial charge on any atom is 0.314 e. The lowest BCUT2D eigenvalue weighted by atomic mass is 9.93. The van der Waals surface area contributed by atoms with Crippen molar-refractivity contribution >= 4 is 17.9 Å². The van der Waals surface area contributed by atoms with Gasteiger partial charge in [0.15, 0.2) is 0 Å². The number of amides is 3. The molecule has 1 unspecified atom stereocenters. The molecule has 0 aromatic carbocycles. The van der Waals surface area contributed by atoms with Crippen LogP contribution in [-0.2, 0) is 9.59 Å². The van der Waals surface area contributed by atoms with Crippen molar-refractivity contribution in [2.75, 3.05) is 13.1 Å². The normalized spacial score (nSPS) is 12.6. The van der Waals surface area contributed by atoms with Crippen LogP contribution in [0.4, 0.5) is 4.79 Å². The maximum atomic E-state index is 11.5. The molecule has 0 rings (SSSR count). The molecule has 0 spiro atoms. The highest BCUT2D eigenvalue weighted by molar-refractivity contribution is 5.81. The predicted octanol–water partition coefficient (Wildman–Crippen LogP) is 0.298. The molecule has 3 amide bonds. The summed E-state index contributed by atoms with van der Waals surface area (Å²) in [5.41, 5.74) is 4.36. The number of urea groups is 1. The van der Waals surface area contributed by atoms with Crippen LogP contribution in [-0.4, -0.2) is 36.1 Å². The van der Waals surface area contributed by atoms with E-state index in [1.165, 1.54) is 0 Å². The van der Waals surface area contributed by atoms with Crippen molar-refractivity contribution in [3.8, 4) is 0 Å². The lowest BCUT2D eigenvalue weighted by Crippen LogP contribution is -2.46. The van der Waals surface area contributed by atoms with Crippen LogP contribution in [0.3, 0.4) is 0 Å². The van der Waals surface area contributed by atoms with Crippen molar-refractivity contribution in [1.29, 1.82) is 0 Å². The Bertz CT molecular complexity index is 342. The number of carboxylic acid groups (broad SMARTS) is 1. The van der Waals surface area contributed by atoms with Crippen LogP contribution in [0.5, 0.6) is 0 Å². The van der Waals surface area contributed by atoms with Gasteiger partial charge in [0.2, 0.25) is 5.91 Å². The Hall–Kier alpha value is -1.79. The standard InChI is InChI=1S/C12H23N3O4/c1-4-8(5-9(16)17)6-14-11(19)15-7-12(2,3)10(13)18/h8H,4-7H2,1-3H3,(H2,13,18)(H,16,17)(H2,14,15,19). The number of rotatable bonds is 8. The summed E-state index contributed by atoms with van der Waals surface area (Å²) in [7, 11) is 0. The smallest absolute Gasteiger partial charge is 0.314 e. The SMILES string of the molecule is CCC(CNC(=O)NCC(C)(C)C(N)=O)CC(=O)O. The first-order valence-electron chi connectivity index (χ1n) is 6.22. The highest BCUT2D eigenvalue weighted by Crippen LogP contribution is 2.11. The number of nitrogens with two attached hydrogens (primary N) is 1. The van der Waals surface area contributed by atoms with Gasteiger partial charge in [-0.05, 0) is 19.8 Å². The van der Waals surface area contributed by atoms with Crippen molar-refractivity contribution in [2.45, 2.75) is 33.6 Å². The summed E-state index contributed by atoms with van der Waals surface area (Å²) in [4.78, 5) is 33.1. The van der Waals surface area contributed by atoms with Gasteiger partial charge in [-0.3, -0.25) is 9.59 Å². The third kappa shape index (κ3) is 7.28. The average molecular weight is 273 g/mol. The molecule has 7 nitrogen and oxygen atoms in total. The van der Waals surface area contributed by atoms with E-state index < -0.39 is 23.3 Å². The summed E-state index contributed by atoms with van der Waals surface area (Å²) in [6.45, 7) is 5.54. The zero-order valence-corrected chi connectivity index (χ0v) is 11.7. The molecule has 0 aromatic heterocycles. The van der Waals surface area contributed by atoms with Crippen molar-refractivity contribution < 1.29 is 19.5 Å². The van der Waals surface area contributed by atoms with Gasteiger partial charge in [0.25, 0.3) is 0 Å². The molecule has 7 heteroatoms. The first kappa shape index (κ1) is 17.2. The Morgan fingerprint density at radius 2 is 1.84 bits per heavy atom. The molecule has 5 N–H and O–H groups in total. The van der Waals surface area contributed by atoms with Gasteiger partial charge in [-0.1, -0.05) is 13.3 Å². The van der Waals surface area contributed by atoms with E-state index in [4.69, 9.17) is 10.8 Å². The fourth-order valence-corrected chi connectivity index (χ4v) is 1.30. The van der Waals surface area contributed by atoms with Crippen molar-refractivity contribution in [3.05, 3.63) is 0 Å². The molecule has 0 fully saturated rings. The van der Waals surface area contributed by atoms with Crippen LogP contribution in [0.1, 0.15) is 33.6 Å². The Kier molecular flexibility index (Phi) is 6.89. The molecule has 0 bridgehead atoms. The van der Waals surface area contributed by atoms with E-state index in [1.54, 1.807) is 13.8 Å². The number of aliphatic carboxylic acids is 1. The minimum absolute atomic E-state index is 0.0174. The largest absolute Gasteiger partial charge is 0.481 e. The summed E-state index contributed by atoms with van der Waals surface area (Å²) in [5.74, 6) is -1.48. The second-order valence-electron chi connectivity index (χ2n) is 5.18. The van der Waals surface area contributed by atoms with E-state index in [9.17, 15) is 14.4 Å². The number of hydrogen-bond donors (Lipinski definition) is 4. The van der Waals surface area contributed by atoms with Crippen LogP contribution >= 0.6 is 0 Å². The van der Waals surface area contributed by atoms with Gasteiger partial charge < -0.3 is 21.5 Å². The Labute approximate surface area is 112 Å². The van der Waals surface area contributed by atoms with Crippen LogP contribution in [0.15, 0.2) is 0 Å². The van der Waals surface area contributed by atoms with Crippen LogP contribution in [0.25, 0.3) is 0 Å². The molecule has 0 saturated carbocycles. The molecule has 0 aromatic rings. The van der Waals surface area contributed by atoms with E-state index in [2.05, 4.69) is 10.6 Å². The Morgan fingerprint density at radius 1 is 1.26 bits per heavy atom. The maximum absolute atomic E-state index is 11.5. The lowest BCUT2D eigenvalue weighted by Gasteiger charge is -2.21. The van der Waals surface area contributed by atoms with Gasteiger partial charge in [0.1, 0.15) is 0 Å². The fourth-order valence-electron chi connectivity index (χ4n) is 1.30. The van der Waals surface area contributed by atoms with E-state index >= 15 is 0 Å². The minimum atomic E-state index is -0.885. The third-order valence-corrected chi connectivity index (χ3v) is 2.95. The molecule has 0 saturated heterocycles. The topological polar surface area (TPSA) is 122 Å². The quantitative estimate of drug-likeness (QED) is 0.508. The first-order valence-corrected chi connectivity index (χ1v) is 6.22. The zero-order valence-electron chi connectivity index (χ0n) is 11.7. The summed E-state index contributed by atoms with van der Waals surface area (Å²) >= 11 is 0. The average Bonchev–Trinajstić information content (AvgIpc) is 2.31. The highest BCUT2D eigenvalue weighted by Gasteiger charge is 2.25. The molecular weight excluding hydrogens is 250 g/mol. The summed E-state index contributed by atoms with van der Waals surface area (Å²) in [6, 6.07) is -0.432. The summed E-state index contributed by atoms with van der Waals surface area (Å²) in [6.07, 6.45) is 0.683. The number of carbonyl (C=O) groups is 3. The number of carboxylic acids is 1. The van der Waals surface area contributed by atoms with Gasteiger partial charge in [0, 0.05) is 19.5 Å². The summed E-state index contributed by atoms with van der Waals surface area (Å²) in [5, 5.41) is 13.8. The minimum Gasteiger partial charge on any atom is -0.481 e. The Morgan fingerprint density at radius 3 is 2.26 bits per heavy atom. The second-order valence-corrected chi connectivity index (χ2v) is 5.18. The summed E-state index contributed by atoms with van der Waals surface area (Å²) < 4.78 is 0. The number of nitrogens with one attached hydrogen (secondary N) is 2. The molecule has 1 atom stereocenters. The van der Waals surface area contributed by atoms with E-state index in [0.717, 1.165) is 0 Å². The molecular formula is C12H23N3O4. The molecule has 0 heterocycles. The lowest BCUT2D eigenvalue weighted by molar-refractivity contribution is -0.138. The van der Waals surface area contributed by atoms with Crippen LogP contribution < -0.4 is 16.4 Å². The molecule has 0 aliphatic carbocycles. The molecule has 0 aliphatic rings. The van der Waals surface area contributed by atoms with Gasteiger partial charge in [0.05, 0.1) is 5.41 Å². The zero-order chi connectivity index (χ0) is 15.1. The highest BCUT2D eigenvalue weighted by atomic mass is 16.4. The molecule has 110 valence electrons. The van der Waals surface area contributed by atoms with Gasteiger partial charge in [-0.25, -0.2) is 4.79 Å². The van der Waals surface area contributed by atoms with Gasteiger partial charge in [-0.15, -0.1) is 0 Å². The Balaban J connectivity index is 4.05. The van der Waals surface area contributed by atoms with Crippen molar-refractivity contribution in [2.24, 2.45) is 17.1 Å². The second kappa shape index (κ2) is 7.60. The van der Waals surface area contributed by atoms with Gasteiger partial charge in [-0.2, -0.15) is 0 Å². The number of primary amides is 1. The van der Waals surface area contributed by atoms with Crippen molar-refractivity contribution in [3.63, 3.8) is 0 Å². The molecule has 0 radical (unpaired) electrons. The number of hydrogen-bond acceptors (Lipinski definition) is 3. The number of carbonyl (C=O) groups excluding carboxylic acids is 2. The first-order chi connectivity index (χ1) is 8.69. The van der Waals surface area contributed by atoms with Crippen LogP contribution in [0, 0.1) is 11.3 Å². The fraction of sp³-hybridized carbons (Fsp3) is 0.750.